The van der Waals surface area contributed by atoms with E-state index in [2.05, 4.69) is 10.5 Å². The first-order valence-electron chi connectivity index (χ1n) is 6.93. The number of carbonyl (C=O) groups excluding carboxylic acids is 1. The van der Waals surface area contributed by atoms with Gasteiger partial charge in [0.25, 0.3) is 5.91 Å². The number of hydrazone groups is 1. The maximum Gasteiger partial charge on any atom is 0.277 e. The number of nitrogens with zero attached hydrogens (tertiary/aromatic N) is 1. The van der Waals surface area contributed by atoms with Crippen molar-refractivity contribution in [3.63, 3.8) is 0 Å². The lowest BCUT2D eigenvalue weighted by Crippen LogP contribution is -2.24. The maximum absolute atomic E-state index is 11.7. The van der Waals surface area contributed by atoms with Crippen LogP contribution in [0.25, 0.3) is 0 Å². The molecule has 6 heteroatoms. The normalized spacial score (nSPS) is 10.6. The third-order valence-corrected chi connectivity index (χ3v) is 3.42. The van der Waals surface area contributed by atoms with E-state index in [1.807, 2.05) is 31.2 Å². The van der Waals surface area contributed by atoms with Gasteiger partial charge in [-0.1, -0.05) is 23.7 Å². The molecule has 5 nitrogen and oxygen atoms in total. The van der Waals surface area contributed by atoms with Crippen molar-refractivity contribution in [2.45, 2.75) is 6.92 Å². The number of benzene rings is 2. The Kier molecular flexibility index (Phi) is 6.00. The molecular weight excluding hydrogens is 316 g/mol. The van der Waals surface area contributed by atoms with E-state index in [0.717, 1.165) is 16.9 Å². The lowest BCUT2D eigenvalue weighted by atomic mass is 10.2. The van der Waals surface area contributed by atoms with Gasteiger partial charge in [-0.3, -0.25) is 4.79 Å². The minimum absolute atomic E-state index is 0.128. The molecule has 0 bridgehead atoms. The van der Waals surface area contributed by atoms with Gasteiger partial charge in [0.15, 0.2) is 6.61 Å². The number of hydrogen-bond donors (Lipinski definition) is 1. The number of amides is 1. The van der Waals surface area contributed by atoms with Crippen molar-refractivity contribution in [1.82, 2.24) is 5.43 Å². The van der Waals surface area contributed by atoms with Crippen molar-refractivity contribution in [3.8, 4) is 11.5 Å². The van der Waals surface area contributed by atoms with Gasteiger partial charge in [0.05, 0.1) is 13.3 Å². The average Bonchev–Trinajstić information content (AvgIpc) is 2.56. The fourth-order valence-electron chi connectivity index (χ4n) is 1.79. The minimum Gasteiger partial charge on any atom is -0.497 e. The molecule has 120 valence electrons. The summed E-state index contributed by atoms with van der Waals surface area (Å²) in [5, 5.41) is 4.54. The zero-order valence-corrected chi connectivity index (χ0v) is 13.6. The first-order chi connectivity index (χ1) is 11.1. The predicted octanol–water partition coefficient (Wildman–Crippen LogP) is 3.19. The fourth-order valence-corrected chi connectivity index (χ4v) is 1.91. The Morgan fingerprint density at radius 1 is 1.26 bits per heavy atom. The molecule has 0 aliphatic heterocycles. The van der Waals surface area contributed by atoms with E-state index in [1.165, 1.54) is 6.21 Å². The molecule has 2 aromatic rings. The van der Waals surface area contributed by atoms with Gasteiger partial charge in [0, 0.05) is 5.02 Å². The van der Waals surface area contributed by atoms with Crippen LogP contribution in [0.1, 0.15) is 11.1 Å². The second kappa shape index (κ2) is 8.19. The molecule has 0 aliphatic carbocycles. The summed E-state index contributed by atoms with van der Waals surface area (Å²) in [5.74, 6) is 0.956. The highest BCUT2D eigenvalue weighted by molar-refractivity contribution is 6.31. The van der Waals surface area contributed by atoms with Crippen LogP contribution < -0.4 is 14.9 Å². The van der Waals surface area contributed by atoms with Crippen molar-refractivity contribution in [1.29, 1.82) is 0 Å². The predicted molar refractivity (Wildman–Crippen MR) is 90.4 cm³/mol. The number of rotatable bonds is 6. The quantitative estimate of drug-likeness (QED) is 0.653. The molecule has 0 unspecified atom stereocenters. The minimum atomic E-state index is -0.350. The number of halogens is 1. The van der Waals surface area contributed by atoms with Gasteiger partial charge < -0.3 is 9.47 Å². The van der Waals surface area contributed by atoms with E-state index in [1.54, 1.807) is 25.3 Å². The molecule has 23 heavy (non-hydrogen) atoms. The van der Waals surface area contributed by atoms with Crippen LogP contribution >= 0.6 is 11.6 Å². The lowest BCUT2D eigenvalue weighted by Gasteiger charge is -2.06. The molecule has 0 aromatic heterocycles. The summed E-state index contributed by atoms with van der Waals surface area (Å²) >= 11 is 5.93. The molecule has 0 radical (unpaired) electrons. The molecular formula is C17H17ClN2O3. The Morgan fingerprint density at radius 2 is 2.09 bits per heavy atom. The molecule has 1 amide bonds. The number of aryl methyl sites for hydroxylation is 1. The van der Waals surface area contributed by atoms with Gasteiger partial charge in [0.1, 0.15) is 11.5 Å². The Bertz CT molecular complexity index is 717. The van der Waals surface area contributed by atoms with Crippen molar-refractivity contribution >= 4 is 23.7 Å². The molecule has 1 N–H and O–H groups in total. The zero-order valence-electron chi connectivity index (χ0n) is 12.9. The van der Waals surface area contributed by atoms with Gasteiger partial charge in [-0.25, -0.2) is 5.43 Å². The third-order valence-electron chi connectivity index (χ3n) is 3.00. The summed E-state index contributed by atoms with van der Waals surface area (Å²) in [7, 11) is 1.59. The molecule has 0 spiro atoms. The van der Waals surface area contributed by atoms with E-state index < -0.39 is 0 Å². The molecule has 0 heterocycles. The SMILES string of the molecule is COc1cccc(C=NNC(=O)COc2ccc(Cl)c(C)c2)c1. The molecule has 0 saturated heterocycles. The summed E-state index contributed by atoms with van der Waals surface area (Å²) in [5.41, 5.74) is 4.11. The molecule has 2 rings (SSSR count). The first-order valence-corrected chi connectivity index (χ1v) is 7.31. The number of nitrogens with one attached hydrogen (secondary N) is 1. The Hall–Kier alpha value is -2.53. The summed E-state index contributed by atoms with van der Waals surface area (Å²) < 4.78 is 10.5. The second-order valence-electron chi connectivity index (χ2n) is 4.77. The van der Waals surface area contributed by atoms with Gasteiger partial charge in [-0.15, -0.1) is 0 Å². The van der Waals surface area contributed by atoms with Crippen LogP contribution in [-0.2, 0) is 4.79 Å². The Labute approximate surface area is 139 Å². The lowest BCUT2D eigenvalue weighted by molar-refractivity contribution is -0.123. The van der Waals surface area contributed by atoms with Gasteiger partial charge in [0.2, 0.25) is 0 Å². The smallest absolute Gasteiger partial charge is 0.277 e. The molecule has 2 aromatic carbocycles. The highest BCUT2D eigenvalue weighted by atomic mass is 35.5. The first kappa shape index (κ1) is 16.8. The van der Waals surface area contributed by atoms with Gasteiger partial charge in [-0.05, 0) is 48.4 Å². The van der Waals surface area contributed by atoms with E-state index in [0.29, 0.717) is 10.8 Å². The summed E-state index contributed by atoms with van der Waals surface area (Å²) in [6, 6.07) is 12.5. The number of hydrogen-bond acceptors (Lipinski definition) is 4. The van der Waals surface area contributed by atoms with Crippen LogP contribution in [-0.4, -0.2) is 25.8 Å². The number of ether oxygens (including phenoxy) is 2. The van der Waals surface area contributed by atoms with Crippen LogP contribution in [0.15, 0.2) is 47.6 Å². The standard InChI is InChI=1S/C17H17ClN2O3/c1-12-8-15(6-7-16(12)18)23-11-17(21)20-19-10-13-4-3-5-14(9-13)22-2/h3-10H,11H2,1-2H3,(H,20,21). The summed E-state index contributed by atoms with van der Waals surface area (Å²) in [4.78, 5) is 11.7. The molecule has 0 atom stereocenters. The Balaban J connectivity index is 1.82. The zero-order chi connectivity index (χ0) is 16.7. The molecule has 0 aliphatic rings. The maximum atomic E-state index is 11.7. The Morgan fingerprint density at radius 3 is 2.83 bits per heavy atom. The van der Waals surface area contributed by atoms with E-state index in [4.69, 9.17) is 21.1 Å². The topological polar surface area (TPSA) is 59.9 Å². The monoisotopic (exact) mass is 332 g/mol. The molecule has 0 fully saturated rings. The van der Waals surface area contributed by atoms with Crippen molar-refractivity contribution in [3.05, 3.63) is 58.6 Å². The fraction of sp³-hybridized carbons (Fsp3) is 0.176. The third kappa shape index (κ3) is 5.30. The largest absolute Gasteiger partial charge is 0.497 e. The highest BCUT2D eigenvalue weighted by Crippen LogP contribution is 2.20. The van der Waals surface area contributed by atoms with E-state index >= 15 is 0 Å². The van der Waals surface area contributed by atoms with Crippen molar-refractivity contribution in [2.24, 2.45) is 5.10 Å². The van der Waals surface area contributed by atoms with Crippen LogP contribution in [0.3, 0.4) is 0 Å². The van der Waals surface area contributed by atoms with Crippen LogP contribution in [0, 0.1) is 6.92 Å². The average molecular weight is 333 g/mol. The highest BCUT2D eigenvalue weighted by Gasteiger charge is 2.03. The van der Waals surface area contributed by atoms with Crippen LogP contribution in [0.4, 0.5) is 0 Å². The second-order valence-corrected chi connectivity index (χ2v) is 5.18. The van der Waals surface area contributed by atoms with Crippen LogP contribution in [0.5, 0.6) is 11.5 Å². The number of carbonyl (C=O) groups is 1. The van der Waals surface area contributed by atoms with Crippen molar-refractivity contribution in [2.75, 3.05) is 13.7 Å². The summed E-state index contributed by atoms with van der Waals surface area (Å²) in [6.45, 7) is 1.74. The summed E-state index contributed by atoms with van der Waals surface area (Å²) in [6.07, 6.45) is 1.53. The van der Waals surface area contributed by atoms with Gasteiger partial charge in [-0.2, -0.15) is 5.10 Å². The molecule has 0 saturated carbocycles. The van der Waals surface area contributed by atoms with E-state index in [-0.39, 0.29) is 12.5 Å². The number of methoxy groups -OCH3 is 1. The van der Waals surface area contributed by atoms with Crippen molar-refractivity contribution < 1.29 is 14.3 Å². The van der Waals surface area contributed by atoms with E-state index in [9.17, 15) is 4.79 Å². The van der Waals surface area contributed by atoms with Gasteiger partial charge >= 0.3 is 0 Å². The van der Waals surface area contributed by atoms with Crippen LogP contribution in [0.2, 0.25) is 5.02 Å².